The maximum absolute atomic E-state index is 13.7. The van der Waals surface area contributed by atoms with Gasteiger partial charge in [-0.15, -0.1) is 0 Å². The number of benzene rings is 2. The zero-order valence-corrected chi connectivity index (χ0v) is 26.4. The summed E-state index contributed by atoms with van der Waals surface area (Å²) in [5, 5.41) is 22.0. The van der Waals surface area contributed by atoms with E-state index in [0.29, 0.717) is 50.1 Å². The molecule has 4 bridgehead atoms. The third kappa shape index (κ3) is 7.24. The molecule has 3 aliphatic rings. The van der Waals surface area contributed by atoms with Crippen LogP contribution in [0, 0.1) is 6.92 Å². The van der Waals surface area contributed by atoms with Gasteiger partial charge in [0.1, 0.15) is 11.9 Å². The normalized spacial score (nSPS) is 26.0. The van der Waals surface area contributed by atoms with Crippen LogP contribution in [-0.2, 0) is 26.1 Å². The molecular weight excluding hydrogens is 610 g/mol. The lowest BCUT2D eigenvalue weighted by atomic mass is 9.99. The second kappa shape index (κ2) is 13.5. The number of primary sulfonamides is 1. The van der Waals surface area contributed by atoms with Crippen molar-refractivity contribution >= 4 is 21.8 Å². The largest absolute Gasteiger partial charge is 0.493 e. The highest BCUT2D eigenvalue weighted by Crippen LogP contribution is 2.30. The Kier molecular flexibility index (Phi) is 9.39. The van der Waals surface area contributed by atoms with E-state index in [-0.39, 0.29) is 42.0 Å². The molecule has 46 heavy (non-hydrogen) atoms. The van der Waals surface area contributed by atoms with Gasteiger partial charge in [0.25, 0.3) is 5.91 Å². The average Bonchev–Trinajstić information content (AvgIpc) is 3.43. The summed E-state index contributed by atoms with van der Waals surface area (Å²) < 4.78 is 35.9. The van der Waals surface area contributed by atoms with Gasteiger partial charge in [0.05, 0.1) is 41.0 Å². The number of sulfonamides is 1. The van der Waals surface area contributed by atoms with Gasteiger partial charge in [0.15, 0.2) is 0 Å². The molecule has 0 aliphatic carbocycles. The van der Waals surface area contributed by atoms with Crippen molar-refractivity contribution in [2.45, 2.75) is 74.4 Å². The molecule has 5 atom stereocenters. The highest BCUT2D eigenvalue weighted by molar-refractivity contribution is 7.89. The first-order valence-corrected chi connectivity index (χ1v) is 17.1. The highest BCUT2D eigenvalue weighted by atomic mass is 32.2. The third-order valence-corrected chi connectivity index (χ3v) is 9.94. The van der Waals surface area contributed by atoms with Crippen LogP contribution < -0.4 is 20.5 Å². The van der Waals surface area contributed by atoms with E-state index in [1.165, 1.54) is 12.1 Å². The molecule has 2 saturated heterocycles. The number of pyridine rings is 1. The first-order valence-electron chi connectivity index (χ1n) is 15.5. The van der Waals surface area contributed by atoms with E-state index in [9.17, 15) is 23.1 Å². The lowest BCUT2D eigenvalue weighted by molar-refractivity contribution is -0.133. The van der Waals surface area contributed by atoms with Gasteiger partial charge in [-0.2, -0.15) is 0 Å². The summed E-state index contributed by atoms with van der Waals surface area (Å²) in [6.07, 6.45) is 2.40. The fraction of sp³-hybridized carbons (Fsp3) is 0.424. The summed E-state index contributed by atoms with van der Waals surface area (Å²) in [7, 11) is -3.84. The molecule has 0 saturated carbocycles. The predicted octanol–water partition coefficient (Wildman–Crippen LogP) is 1.88. The Bertz CT molecular complexity index is 1700. The van der Waals surface area contributed by atoms with Crippen molar-refractivity contribution < 1.29 is 32.6 Å². The summed E-state index contributed by atoms with van der Waals surface area (Å²) >= 11 is 0. The number of aryl methyl sites for hydroxylation is 1. The number of likely N-dealkylation sites (tertiary alicyclic amines) is 1. The third-order valence-electron chi connectivity index (χ3n) is 9.01. The predicted molar refractivity (Wildman–Crippen MR) is 169 cm³/mol. The van der Waals surface area contributed by atoms with E-state index in [1.54, 1.807) is 36.5 Å². The topological polar surface area (TPSA) is 173 Å². The lowest BCUT2D eigenvalue weighted by Crippen LogP contribution is -2.50. The standard InChI is InChI=1S/C33H39N5O7S/c1-20-3-2-13-35-27(20)19-38-18-23-16-28(38)33(41)36-17-31-29(39)11-7-24(45-31)12-14-44-30-15-22(6-10-26(30)32(40)37-23)21-4-8-25(9-5-21)46(34,42)43/h2-6,8-10,13,15,23-24,28-29,31,39H,7,11-12,14,16-19H2,1H3,(H,36,41)(H,37,40)(H2,34,42,43)/t23-,24-,28-,29-,31+/m0/s1. The number of hydrogen-bond donors (Lipinski definition) is 4. The van der Waals surface area contributed by atoms with Crippen LogP contribution in [0.5, 0.6) is 5.75 Å². The molecule has 13 heteroatoms. The Balaban J connectivity index is 1.30. The molecule has 0 radical (unpaired) electrons. The molecule has 4 heterocycles. The highest BCUT2D eigenvalue weighted by Gasteiger charge is 2.39. The summed E-state index contributed by atoms with van der Waals surface area (Å²) in [5.74, 6) is -0.134. The number of aromatic nitrogens is 1. The van der Waals surface area contributed by atoms with E-state index >= 15 is 0 Å². The first-order chi connectivity index (χ1) is 22.0. The maximum Gasteiger partial charge on any atom is 0.255 e. The molecule has 5 N–H and O–H groups in total. The fourth-order valence-corrected chi connectivity index (χ4v) is 6.92. The fourth-order valence-electron chi connectivity index (χ4n) is 6.41. The van der Waals surface area contributed by atoms with Crippen molar-refractivity contribution in [2.75, 3.05) is 19.7 Å². The second-order valence-electron chi connectivity index (χ2n) is 12.2. The number of rotatable bonds is 4. The lowest BCUT2D eigenvalue weighted by Gasteiger charge is -2.34. The zero-order chi connectivity index (χ0) is 32.4. The number of aliphatic hydroxyl groups excluding tert-OH is 1. The van der Waals surface area contributed by atoms with Crippen LogP contribution in [0.3, 0.4) is 0 Å². The summed E-state index contributed by atoms with van der Waals surface area (Å²) in [6.45, 7) is 3.30. The van der Waals surface area contributed by atoms with Gasteiger partial charge in [-0.3, -0.25) is 19.5 Å². The van der Waals surface area contributed by atoms with Crippen molar-refractivity contribution in [3.8, 4) is 16.9 Å². The molecule has 3 aromatic rings. The van der Waals surface area contributed by atoms with Crippen molar-refractivity contribution in [1.29, 1.82) is 0 Å². The molecule has 6 rings (SSSR count). The van der Waals surface area contributed by atoms with Crippen molar-refractivity contribution in [2.24, 2.45) is 5.14 Å². The molecule has 244 valence electrons. The van der Waals surface area contributed by atoms with E-state index < -0.39 is 28.3 Å². The number of nitrogens with one attached hydrogen (secondary N) is 2. The smallest absolute Gasteiger partial charge is 0.255 e. The van der Waals surface area contributed by atoms with Gasteiger partial charge in [0, 0.05) is 38.3 Å². The van der Waals surface area contributed by atoms with Crippen LogP contribution in [0.2, 0.25) is 0 Å². The number of amides is 2. The Labute approximate surface area is 268 Å². The summed E-state index contributed by atoms with van der Waals surface area (Å²) in [6, 6.07) is 14.4. The second-order valence-corrected chi connectivity index (χ2v) is 13.8. The Morgan fingerprint density at radius 2 is 1.85 bits per heavy atom. The minimum Gasteiger partial charge on any atom is -0.493 e. The van der Waals surface area contributed by atoms with E-state index in [0.717, 1.165) is 22.4 Å². The van der Waals surface area contributed by atoms with Crippen LogP contribution in [0.25, 0.3) is 11.1 Å². The quantitative estimate of drug-likeness (QED) is 0.329. The van der Waals surface area contributed by atoms with Crippen LogP contribution in [-0.4, -0.2) is 85.3 Å². The monoisotopic (exact) mass is 649 g/mol. The Hall–Kier alpha value is -3.88. The molecule has 2 fully saturated rings. The molecule has 0 unspecified atom stereocenters. The van der Waals surface area contributed by atoms with Gasteiger partial charge in [-0.05, 0) is 73.2 Å². The molecule has 2 amide bonds. The van der Waals surface area contributed by atoms with E-state index in [4.69, 9.17) is 14.6 Å². The van der Waals surface area contributed by atoms with E-state index in [1.807, 2.05) is 24.0 Å². The minimum absolute atomic E-state index is 0.00332. The number of aliphatic hydroxyl groups is 1. The number of nitrogens with two attached hydrogens (primary N) is 1. The molecule has 0 spiro atoms. The minimum atomic E-state index is -3.84. The Morgan fingerprint density at radius 3 is 2.61 bits per heavy atom. The number of ether oxygens (including phenoxy) is 2. The van der Waals surface area contributed by atoms with Crippen molar-refractivity contribution in [3.63, 3.8) is 0 Å². The SMILES string of the molecule is Cc1cccnc1CN1C[C@@H]2C[C@H]1C(=O)NC[C@H]1O[C@H](CCOc3cc(-c4ccc(S(N)(=O)=O)cc4)ccc3C(=O)N2)CC[C@@H]1O. The van der Waals surface area contributed by atoms with Crippen LogP contribution in [0.15, 0.2) is 65.7 Å². The van der Waals surface area contributed by atoms with Crippen LogP contribution >= 0.6 is 0 Å². The molecule has 2 aromatic carbocycles. The van der Waals surface area contributed by atoms with Crippen molar-refractivity contribution in [3.05, 3.63) is 77.6 Å². The van der Waals surface area contributed by atoms with Gasteiger partial charge >= 0.3 is 0 Å². The molecule has 1 aromatic heterocycles. The molecule has 3 aliphatic heterocycles. The Morgan fingerprint density at radius 1 is 1.07 bits per heavy atom. The van der Waals surface area contributed by atoms with Crippen LogP contribution in [0.4, 0.5) is 0 Å². The summed E-state index contributed by atoms with van der Waals surface area (Å²) in [4.78, 5) is 33.9. The molecule has 12 nitrogen and oxygen atoms in total. The van der Waals surface area contributed by atoms with Crippen LogP contribution in [0.1, 0.15) is 47.3 Å². The maximum atomic E-state index is 13.7. The van der Waals surface area contributed by atoms with Gasteiger partial charge in [-0.25, -0.2) is 13.6 Å². The molecular formula is C33H39N5O7S. The van der Waals surface area contributed by atoms with Gasteiger partial charge in [-0.1, -0.05) is 24.3 Å². The zero-order valence-electron chi connectivity index (χ0n) is 25.6. The van der Waals surface area contributed by atoms with Gasteiger partial charge < -0.3 is 25.2 Å². The number of hydrogen-bond acceptors (Lipinski definition) is 9. The van der Waals surface area contributed by atoms with E-state index in [2.05, 4.69) is 15.6 Å². The number of carbonyl (C=O) groups excluding carboxylic acids is 2. The van der Waals surface area contributed by atoms with Crippen molar-refractivity contribution in [1.82, 2.24) is 20.5 Å². The number of nitrogens with zero attached hydrogens (tertiary/aromatic N) is 2. The number of fused-ring (bicyclic) bond motifs is 5. The van der Waals surface area contributed by atoms with Gasteiger partial charge in [0.2, 0.25) is 15.9 Å². The average molecular weight is 650 g/mol. The summed E-state index contributed by atoms with van der Waals surface area (Å²) in [5.41, 5.74) is 3.67. The number of carbonyl (C=O) groups is 2. The first kappa shape index (κ1) is 32.1.